The molecule has 10 nitrogen and oxygen atoms in total. The molecule has 2 bridgehead atoms. The highest BCUT2D eigenvalue weighted by Gasteiger charge is 2.47. The van der Waals surface area contributed by atoms with Gasteiger partial charge in [0.05, 0.1) is 20.6 Å². The average Bonchev–Trinajstić information content (AvgIpc) is 3.29. The van der Waals surface area contributed by atoms with E-state index < -0.39 is 44.0 Å². The Labute approximate surface area is 201 Å². The first-order valence-corrected chi connectivity index (χ1v) is 10.7. The molecule has 6 rings (SSSR count). The van der Waals surface area contributed by atoms with Crippen LogP contribution in [-0.2, 0) is 6.98 Å². The van der Waals surface area contributed by atoms with Crippen LogP contribution in [0.2, 0.25) is 0 Å². The summed E-state index contributed by atoms with van der Waals surface area (Å²) in [6.07, 6.45) is -3.12. The highest BCUT2D eigenvalue weighted by atomic mass is 19.1. The Bertz CT molecular complexity index is 1460. The number of hydrogen-bond acceptors (Lipinski definition) is 9. The number of nitrogens with one attached hydrogen (secondary N) is 1. The lowest BCUT2D eigenvalue weighted by atomic mass is 9.82. The van der Waals surface area contributed by atoms with Crippen molar-refractivity contribution in [2.75, 3.05) is 4.90 Å². The Morgan fingerprint density at radius 2 is 2.21 bits per heavy atom. The van der Waals surface area contributed by atoms with Gasteiger partial charge in [-0.05, 0) is 49.4 Å². The molecule has 2 N–H and O–H groups in total. The van der Waals surface area contributed by atoms with Crippen LogP contribution >= 0.6 is 0 Å². The van der Waals surface area contributed by atoms with E-state index in [2.05, 4.69) is 35.9 Å². The molecule has 1 saturated carbocycles. The van der Waals surface area contributed by atoms with Gasteiger partial charge in [-0.2, -0.15) is 4.80 Å². The van der Waals surface area contributed by atoms with Gasteiger partial charge in [-0.1, -0.05) is 12.5 Å². The van der Waals surface area contributed by atoms with Crippen molar-refractivity contribution in [2.45, 2.75) is 68.7 Å². The monoisotopic (exact) mass is 459 g/mol. The number of phenolic OH excluding ortho intramolecular Hbond substituents is 1. The minimum atomic E-state index is -2.62. The number of benzene rings is 1. The molecule has 1 aromatic carbocycles. The number of aromatic hydroxyl groups is 1. The van der Waals surface area contributed by atoms with E-state index in [1.54, 1.807) is 0 Å². The van der Waals surface area contributed by atoms with Gasteiger partial charge in [0.2, 0.25) is 11.8 Å². The zero-order valence-electron chi connectivity index (χ0n) is 25.4. The molecule has 0 radical (unpaired) electrons. The summed E-state index contributed by atoms with van der Waals surface area (Å²) in [5.74, 6) is -0.599. The number of phenols is 1. The van der Waals surface area contributed by atoms with Crippen molar-refractivity contribution in [3.05, 3.63) is 24.4 Å². The molecular formula is C22H26FN9O. The maximum Gasteiger partial charge on any atom is 0.245 e. The number of rotatable bonds is 5. The number of aromatic nitrogens is 7. The first-order valence-electron chi connectivity index (χ1n) is 14.7. The molecule has 0 unspecified atom stereocenters. The molecule has 3 aromatic rings. The normalized spacial score (nSPS) is 34.8. The smallest absolute Gasteiger partial charge is 0.245 e. The first-order chi connectivity index (χ1) is 19.2. The van der Waals surface area contributed by atoms with Gasteiger partial charge in [0.25, 0.3) is 0 Å². The third kappa shape index (κ3) is 3.79. The van der Waals surface area contributed by atoms with E-state index in [1.807, 2.05) is 0 Å². The van der Waals surface area contributed by atoms with Crippen LogP contribution in [0.5, 0.6) is 5.75 Å². The van der Waals surface area contributed by atoms with Crippen molar-refractivity contribution in [1.82, 2.24) is 40.7 Å². The van der Waals surface area contributed by atoms with Crippen molar-refractivity contribution < 1.29 is 20.5 Å². The lowest BCUT2D eigenvalue weighted by Crippen LogP contribution is -2.62. The van der Waals surface area contributed by atoms with Crippen LogP contribution in [0.15, 0.2) is 24.4 Å². The second-order valence-corrected chi connectivity index (χ2v) is 8.39. The zero-order valence-corrected chi connectivity index (χ0v) is 17.4. The van der Waals surface area contributed by atoms with E-state index in [-0.39, 0.29) is 46.8 Å². The number of fused-ring (bicyclic) bond motifs is 2. The van der Waals surface area contributed by atoms with Gasteiger partial charge in [0, 0.05) is 38.8 Å². The third-order valence-electron chi connectivity index (χ3n) is 6.32. The molecule has 11 heteroatoms. The molecule has 2 aliphatic heterocycles. The molecule has 33 heavy (non-hydrogen) atoms. The van der Waals surface area contributed by atoms with Crippen molar-refractivity contribution in [2.24, 2.45) is 6.98 Å². The van der Waals surface area contributed by atoms with Crippen molar-refractivity contribution >= 4 is 5.95 Å². The van der Waals surface area contributed by atoms with E-state index in [4.69, 9.17) is 11.0 Å². The van der Waals surface area contributed by atoms with E-state index in [0.29, 0.717) is 11.2 Å². The number of halogens is 1. The van der Waals surface area contributed by atoms with Gasteiger partial charge in [0.15, 0.2) is 0 Å². The zero-order chi connectivity index (χ0) is 29.5. The summed E-state index contributed by atoms with van der Waals surface area (Å²) in [6, 6.07) is 0.148. The molecule has 0 spiro atoms. The Kier molecular flexibility index (Phi) is 3.26. The Balaban J connectivity index is 1.32. The number of hydrogen-bond donors (Lipinski definition) is 2. The molecule has 2 aromatic heterocycles. The molecule has 2 saturated heterocycles. The largest absolute Gasteiger partial charge is 0.507 e. The topological polar surface area (TPSA) is 118 Å². The van der Waals surface area contributed by atoms with Gasteiger partial charge >= 0.3 is 0 Å². The number of anilines is 1. The Hall–Kier alpha value is -3.21. The van der Waals surface area contributed by atoms with Crippen LogP contribution in [0.1, 0.15) is 49.4 Å². The summed E-state index contributed by atoms with van der Waals surface area (Å²) in [5, 5.41) is 33.1. The maximum atomic E-state index is 15.8. The summed E-state index contributed by atoms with van der Waals surface area (Å²) < 4.78 is 79.6. The number of piperidine rings is 2. The fraction of sp³-hybridized carbons (Fsp3) is 0.545. The lowest BCUT2D eigenvalue weighted by Gasteiger charge is -2.46. The van der Waals surface area contributed by atoms with Crippen LogP contribution in [0.3, 0.4) is 0 Å². The number of aryl methyl sites for hydroxylation is 1. The van der Waals surface area contributed by atoms with Gasteiger partial charge in [-0.3, -0.25) is 0 Å². The molecule has 172 valence electrons. The van der Waals surface area contributed by atoms with Crippen LogP contribution in [-0.4, -0.2) is 70.8 Å². The maximum absolute atomic E-state index is 15.8. The SMILES string of the molecule is [2H]C([2H])([2H])n1nnc(-c2ccc(-c3cnc(N([C@@H]4C[C@@H]5CCC[C@H](N5)[C@@H]4F)C4([2H])C([2H])([2H])C4([2H])[2H])nn3)c(O)c2)n1. The van der Waals surface area contributed by atoms with E-state index >= 15 is 4.39 Å². The summed E-state index contributed by atoms with van der Waals surface area (Å²) in [5.41, 5.74) is 0.564. The number of alkyl halides is 1. The second-order valence-electron chi connectivity index (χ2n) is 8.39. The van der Waals surface area contributed by atoms with Crippen molar-refractivity contribution in [1.29, 1.82) is 0 Å². The van der Waals surface area contributed by atoms with Gasteiger partial charge in [-0.15, -0.1) is 20.4 Å². The van der Waals surface area contributed by atoms with Crippen molar-refractivity contribution in [3.8, 4) is 28.4 Å². The predicted octanol–water partition coefficient (Wildman–Crippen LogP) is 2.02. The quantitative estimate of drug-likeness (QED) is 0.591. The summed E-state index contributed by atoms with van der Waals surface area (Å²) >= 11 is 0. The lowest BCUT2D eigenvalue weighted by molar-refractivity contribution is 0.103. The summed E-state index contributed by atoms with van der Waals surface area (Å²) in [4.78, 5) is 5.75. The third-order valence-corrected chi connectivity index (χ3v) is 6.32. The van der Waals surface area contributed by atoms with Gasteiger partial charge < -0.3 is 15.3 Å². The fourth-order valence-corrected chi connectivity index (χ4v) is 4.71. The molecule has 0 amide bonds. The molecule has 3 aliphatic rings. The fourth-order valence-electron chi connectivity index (χ4n) is 4.71. The van der Waals surface area contributed by atoms with E-state index in [0.717, 1.165) is 17.7 Å². The van der Waals surface area contributed by atoms with E-state index in [9.17, 15) is 5.11 Å². The molecule has 1 aliphatic carbocycles. The molecule has 4 atom stereocenters. The average molecular weight is 460 g/mol. The van der Waals surface area contributed by atoms with Crippen LogP contribution in [0.4, 0.5) is 10.3 Å². The van der Waals surface area contributed by atoms with Gasteiger partial charge in [-0.25, -0.2) is 9.37 Å². The summed E-state index contributed by atoms with van der Waals surface area (Å²) in [6.45, 7) is -2.61. The summed E-state index contributed by atoms with van der Waals surface area (Å²) in [7, 11) is 0. The predicted molar refractivity (Wildman–Crippen MR) is 118 cm³/mol. The van der Waals surface area contributed by atoms with Crippen LogP contribution < -0.4 is 10.2 Å². The Morgan fingerprint density at radius 3 is 2.94 bits per heavy atom. The minimum Gasteiger partial charge on any atom is -0.507 e. The second kappa shape index (κ2) is 7.98. The minimum absolute atomic E-state index is 0.0283. The standard InChI is InChI=1S/C22H26FN9O/c1-31-29-21(27-30-31)12-5-8-15(19(33)9-12)17-11-24-22(28-26-17)32(14-6-7-14)18-10-13-3-2-4-16(25-13)20(18)23/h5,8-9,11,13-14,16,18,20,25,33H,2-4,6-7,10H2,1H3/t13-,16-,18+,20-/m0/s1/i1D3,6D2,7D2,14D. The van der Waals surface area contributed by atoms with Gasteiger partial charge in [0.1, 0.15) is 17.6 Å². The highest BCUT2D eigenvalue weighted by Crippen LogP contribution is 2.39. The number of nitrogens with zero attached hydrogens (tertiary/aromatic N) is 8. The van der Waals surface area contributed by atoms with Crippen molar-refractivity contribution in [3.63, 3.8) is 0 Å². The molecular weight excluding hydrogens is 425 g/mol. The van der Waals surface area contributed by atoms with Crippen LogP contribution in [0.25, 0.3) is 22.6 Å². The van der Waals surface area contributed by atoms with E-state index in [1.165, 1.54) is 24.4 Å². The first kappa shape index (κ1) is 13.5. The Morgan fingerprint density at radius 1 is 1.30 bits per heavy atom. The molecule has 3 fully saturated rings. The van der Waals surface area contributed by atoms with Crippen LogP contribution in [0, 0.1) is 0 Å². The molecule has 4 heterocycles. The number of tetrazole rings is 1. The highest BCUT2D eigenvalue weighted by molar-refractivity contribution is 5.71.